The number of esters is 1. The van der Waals surface area contributed by atoms with Gasteiger partial charge in [-0.25, -0.2) is 9.18 Å². The number of aliphatic hydroxyl groups excluding tert-OH is 1. The molecular weight excluding hydrogens is 433 g/mol. The summed E-state index contributed by atoms with van der Waals surface area (Å²) in [5, 5.41) is 10.6. The van der Waals surface area contributed by atoms with E-state index in [1.165, 1.54) is 6.08 Å². The molecule has 0 unspecified atom stereocenters. The monoisotopic (exact) mass is 469 g/mol. The maximum Gasteiger partial charge on any atom is 0.330 e. The highest BCUT2D eigenvalue weighted by Crippen LogP contribution is 2.23. The molecule has 34 heavy (non-hydrogen) atoms. The second-order valence-electron chi connectivity index (χ2n) is 8.96. The first kappa shape index (κ1) is 26.1. The predicted octanol–water partition coefficient (Wildman–Crippen LogP) is 4.86. The first-order valence-corrected chi connectivity index (χ1v) is 12.1. The van der Waals surface area contributed by atoms with Crippen molar-refractivity contribution in [2.75, 3.05) is 26.3 Å². The van der Waals surface area contributed by atoms with Crippen LogP contribution < -0.4 is 0 Å². The van der Waals surface area contributed by atoms with E-state index in [1.807, 2.05) is 43.3 Å². The third-order valence-electron chi connectivity index (χ3n) is 6.29. The molecule has 0 bridgehead atoms. The molecule has 0 spiro atoms. The van der Waals surface area contributed by atoms with Crippen molar-refractivity contribution in [1.82, 2.24) is 4.90 Å². The maximum atomic E-state index is 13.9. The van der Waals surface area contributed by atoms with Crippen LogP contribution in [0.4, 0.5) is 4.39 Å². The fourth-order valence-corrected chi connectivity index (χ4v) is 4.31. The Morgan fingerprint density at radius 2 is 2.03 bits per heavy atom. The summed E-state index contributed by atoms with van der Waals surface area (Å²) in [6.45, 7) is 7.59. The molecule has 6 heteroatoms. The lowest BCUT2D eigenvalue weighted by Crippen LogP contribution is -2.39. The van der Waals surface area contributed by atoms with Crippen molar-refractivity contribution < 1.29 is 23.8 Å². The van der Waals surface area contributed by atoms with E-state index in [-0.39, 0.29) is 24.5 Å². The third-order valence-corrected chi connectivity index (χ3v) is 6.29. The molecule has 3 atom stereocenters. The van der Waals surface area contributed by atoms with Crippen LogP contribution in [0.3, 0.4) is 0 Å². The SMILES string of the molecule is CCOC(=O)/C=C/c1ccc([C@@H](C)OC[C@H](O)CN2CCC[C@H]2Cc2ccc(C)c(F)c2)cc1. The first-order valence-electron chi connectivity index (χ1n) is 12.1. The minimum absolute atomic E-state index is 0.160. The van der Waals surface area contributed by atoms with Crippen LogP contribution in [0.1, 0.15) is 55.0 Å². The van der Waals surface area contributed by atoms with Crippen molar-refractivity contribution in [1.29, 1.82) is 0 Å². The molecule has 0 radical (unpaired) electrons. The van der Waals surface area contributed by atoms with Crippen LogP contribution in [-0.4, -0.2) is 54.4 Å². The molecule has 1 fully saturated rings. The number of β-amino-alcohol motifs (C(OH)–C–C–N with tert-alkyl or cyclic N) is 1. The Labute approximate surface area is 202 Å². The molecule has 184 valence electrons. The lowest BCUT2D eigenvalue weighted by molar-refractivity contribution is -0.137. The van der Waals surface area contributed by atoms with Gasteiger partial charge in [0.05, 0.1) is 25.4 Å². The van der Waals surface area contributed by atoms with Gasteiger partial charge in [-0.3, -0.25) is 4.90 Å². The van der Waals surface area contributed by atoms with Crippen LogP contribution in [0.25, 0.3) is 6.08 Å². The Kier molecular flexibility index (Phi) is 9.81. The smallest absolute Gasteiger partial charge is 0.330 e. The highest BCUT2D eigenvalue weighted by Gasteiger charge is 2.27. The predicted molar refractivity (Wildman–Crippen MR) is 132 cm³/mol. The fraction of sp³-hybridized carbons (Fsp3) is 0.464. The minimum Gasteiger partial charge on any atom is -0.463 e. The number of rotatable bonds is 11. The number of aliphatic hydroxyl groups is 1. The molecular formula is C28H36FNO4. The lowest BCUT2D eigenvalue weighted by atomic mass is 10.0. The van der Waals surface area contributed by atoms with Crippen LogP contribution in [0.15, 0.2) is 48.5 Å². The van der Waals surface area contributed by atoms with Crippen molar-refractivity contribution >= 4 is 12.0 Å². The van der Waals surface area contributed by atoms with Gasteiger partial charge in [0.15, 0.2) is 0 Å². The van der Waals surface area contributed by atoms with E-state index in [2.05, 4.69) is 4.90 Å². The zero-order valence-electron chi connectivity index (χ0n) is 20.4. The fourth-order valence-electron chi connectivity index (χ4n) is 4.31. The van der Waals surface area contributed by atoms with Crippen LogP contribution in [-0.2, 0) is 20.7 Å². The quantitative estimate of drug-likeness (QED) is 0.376. The van der Waals surface area contributed by atoms with Crippen molar-refractivity contribution in [2.45, 2.75) is 58.3 Å². The molecule has 5 nitrogen and oxygen atoms in total. The van der Waals surface area contributed by atoms with Gasteiger partial charge in [-0.15, -0.1) is 0 Å². The average molecular weight is 470 g/mol. The Bertz CT molecular complexity index is 959. The van der Waals surface area contributed by atoms with Gasteiger partial charge >= 0.3 is 5.97 Å². The molecule has 0 aliphatic carbocycles. The normalized spacial score (nSPS) is 18.3. The number of aryl methyl sites for hydroxylation is 1. The summed E-state index contributed by atoms with van der Waals surface area (Å²) in [4.78, 5) is 13.7. The number of carbonyl (C=O) groups excluding carboxylic acids is 1. The number of hydrogen-bond donors (Lipinski definition) is 1. The van der Waals surface area contributed by atoms with Gasteiger partial charge in [0.1, 0.15) is 5.82 Å². The summed E-state index contributed by atoms with van der Waals surface area (Å²) >= 11 is 0. The summed E-state index contributed by atoms with van der Waals surface area (Å²) in [6.07, 6.45) is 5.30. The van der Waals surface area contributed by atoms with Crippen molar-refractivity contribution in [2.24, 2.45) is 0 Å². The van der Waals surface area contributed by atoms with Crippen LogP contribution >= 0.6 is 0 Å². The molecule has 2 aromatic rings. The van der Waals surface area contributed by atoms with Gasteiger partial charge in [0, 0.05) is 18.7 Å². The van der Waals surface area contributed by atoms with Gasteiger partial charge in [-0.2, -0.15) is 0 Å². The van der Waals surface area contributed by atoms with E-state index in [0.29, 0.717) is 24.8 Å². The van der Waals surface area contributed by atoms with E-state index in [1.54, 1.807) is 26.0 Å². The Morgan fingerprint density at radius 1 is 1.26 bits per heavy atom. The molecule has 0 aromatic heterocycles. The Hall–Kier alpha value is -2.54. The maximum absolute atomic E-state index is 13.9. The number of benzene rings is 2. The minimum atomic E-state index is -0.593. The summed E-state index contributed by atoms with van der Waals surface area (Å²) in [6, 6.07) is 13.5. The van der Waals surface area contributed by atoms with Crippen LogP contribution in [0.5, 0.6) is 0 Å². The van der Waals surface area contributed by atoms with Gasteiger partial charge in [-0.1, -0.05) is 36.4 Å². The van der Waals surface area contributed by atoms with E-state index < -0.39 is 6.10 Å². The highest BCUT2D eigenvalue weighted by atomic mass is 19.1. The van der Waals surface area contributed by atoms with Crippen molar-refractivity contribution in [3.63, 3.8) is 0 Å². The second kappa shape index (κ2) is 12.8. The van der Waals surface area contributed by atoms with Gasteiger partial charge in [0.2, 0.25) is 0 Å². The second-order valence-corrected chi connectivity index (χ2v) is 8.96. The standard InChI is InChI=1S/C28H36FNO4/c1-4-33-28(32)14-11-22-9-12-24(13-10-22)21(3)34-19-26(31)18-30-15-5-6-25(30)16-23-8-7-20(2)27(29)17-23/h7-14,17,21,25-26,31H,4-6,15-16,18-19H2,1-3H3/b14-11+/t21-,25+,26-/m1/s1. The van der Waals surface area contributed by atoms with Gasteiger partial charge in [0.25, 0.3) is 0 Å². The van der Waals surface area contributed by atoms with E-state index in [4.69, 9.17) is 9.47 Å². The highest BCUT2D eigenvalue weighted by molar-refractivity contribution is 5.87. The van der Waals surface area contributed by atoms with Crippen LogP contribution in [0, 0.1) is 12.7 Å². The summed E-state index contributed by atoms with van der Waals surface area (Å²) < 4.78 is 24.7. The number of nitrogens with zero attached hydrogens (tertiary/aromatic N) is 1. The number of halogens is 1. The number of ether oxygens (including phenoxy) is 2. The molecule has 1 aliphatic rings. The van der Waals surface area contributed by atoms with E-state index >= 15 is 0 Å². The van der Waals surface area contributed by atoms with Crippen LogP contribution in [0.2, 0.25) is 0 Å². The average Bonchev–Trinajstić information content (AvgIpc) is 3.25. The third kappa shape index (κ3) is 7.76. The van der Waals surface area contributed by atoms with Gasteiger partial charge in [-0.05, 0) is 81.0 Å². The molecule has 1 heterocycles. The topological polar surface area (TPSA) is 59.0 Å². The van der Waals surface area contributed by atoms with Crippen molar-refractivity contribution in [3.05, 3.63) is 76.6 Å². The van der Waals surface area contributed by atoms with E-state index in [0.717, 1.165) is 42.5 Å². The molecule has 2 aromatic carbocycles. The number of likely N-dealkylation sites (tertiary alicyclic amines) is 1. The number of hydrogen-bond acceptors (Lipinski definition) is 5. The molecule has 1 aliphatic heterocycles. The first-order chi connectivity index (χ1) is 16.4. The van der Waals surface area contributed by atoms with Gasteiger partial charge < -0.3 is 14.6 Å². The van der Waals surface area contributed by atoms with Crippen molar-refractivity contribution in [3.8, 4) is 0 Å². The molecule has 1 N–H and O–H groups in total. The molecule has 3 rings (SSSR count). The molecule has 0 saturated carbocycles. The van der Waals surface area contributed by atoms with E-state index in [9.17, 15) is 14.3 Å². The Morgan fingerprint density at radius 3 is 2.74 bits per heavy atom. The summed E-state index contributed by atoms with van der Waals surface area (Å²) in [5.74, 6) is -0.518. The lowest BCUT2D eigenvalue weighted by Gasteiger charge is -2.27. The Balaban J connectivity index is 1.45. The zero-order valence-corrected chi connectivity index (χ0v) is 20.4. The molecule has 1 saturated heterocycles. The summed E-state index contributed by atoms with van der Waals surface area (Å²) in [5.41, 5.74) is 3.56. The largest absolute Gasteiger partial charge is 0.463 e. The number of carbonyl (C=O) groups is 1. The summed E-state index contributed by atoms with van der Waals surface area (Å²) in [7, 11) is 0. The zero-order chi connectivity index (χ0) is 24.5. The molecule has 0 amide bonds.